The molecule has 1 amide bonds. The van der Waals surface area contributed by atoms with E-state index < -0.39 is 18.0 Å². The smallest absolute Gasteiger partial charge is 0.340 e. The zero-order chi connectivity index (χ0) is 17.3. The fraction of sp³-hybridized carbons (Fsp3) is 0.765. The van der Waals surface area contributed by atoms with E-state index >= 15 is 0 Å². The van der Waals surface area contributed by atoms with Crippen molar-refractivity contribution in [2.24, 2.45) is 11.8 Å². The van der Waals surface area contributed by atoms with E-state index in [0.29, 0.717) is 25.9 Å². The van der Waals surface area contributed by atoms with Gasteiger partial charge in [0.25, 0.3) is 0 Å². The van der Waals surface area contributed by atoms with Gasteiger partial charge in [0.05, 0.1) is 18.2 Å². The molecular weight excluding hydrogens is 319 g/mol. The molecule has 0 spiro atoms. The van der Waals surface area contributed by atoms with E-state index in [0.717, 1.165) is 18.4 Å². The minimum atomic E-state index is -4.18. The molecule has 0 unspecified atom stereocenters. The van der Waals surface area contributed by atoms with Crippen LogP contribution in [0.4, 0.5) is 13.2 Å². The molecule has 1 aliphatic carbocycles. The van der Waals surface area contributed by atoms with Gasteiger partial charge in [0, 0.05) is 25.2 Å². The molecule has 0 radical (unpaired) electrons. The van der Waals surface area contributed by atoms with Gasteiger partial charge < -0.3 is 4.90 Å². The molecule has 0 aromatic carbocycles. The van der Waals surface area contributed by atoms with Crippen molar-refractivity contribution in [1.29, 1.82) is 0 Å². The topological polar surface area (TPSA) is 38.1 Å². The quantitative estimate of drug-likeness (QED) is 0.821. The average Bonchev–Trinajstić information content (AvgIpc) is 3.00. The second-order valence-electron chi connectivity index (χ2n) is 7.18. The van der Waals surface area contributed by atoms with E-state index in [1.54, 1.807) is 11.1 Å². The molecule has 0 N–H and O–H groups in total. The second kappa shape index (κ2) is 6.76. The van der Waals surface area contributed by atoms with Crippen LogP contribution in [-0.4, -0.2) is 39.9 Å². The highest BCUT2D eigenvalue weighted by molar-refractivity contribution is 5.79. The predicted molar refractivity (Wildman–Crippen MR) is 83.3 cm³/mol. The molecule has 0 bridgehead atoms. The molecule has 3 rings (SSSR count). The molecule has 4 nitrogen and oxygen atoms in total. The summed E-state index contributed by atoms with van der Waals surface area (Å²) in [7, 11) is 0. The van der Waals surface area contributed by atoms with Crippen molar-refractivity contribution in [2.45, 2.75) is 57.7 Å². The maximum Gasteiger partial charge on any atom is 0.391 e. The Morgan fingerprint density at radius 1 is 1.25 bits per heavy atom. The van der Waals surface area contributed by atoms with Crippen molar-refractivity contribution in [1.82, 2.24) is 14.7 Å². The third kappa shape index (κ3) is 3.75. The summed E-state index contributed by atoms with van der Waals surface area (Å²) in [6.45, 7) is 3.16. The molecule has 1 aromatic rings. The zero-order valence-corrected chi connectivity index (χ0v) is 13.9. The number of piperidine rings is 1. The van der Waals surface area contributed by atoms with Gasteiger partial charge >= 0.3 is 6.18 Å². The van der Waals surface area contributed by atoms with E-state index in [9.17, 15) is 18.0 Å². The highest BCUT2D eigenvalue weighted by Gasteiger charge is 2.44. The summed E-state index contributed by atoms with van der Waals surface area (Å²) in [4.78, 5) is 14.5. The average molecular weight is 343 g/mol. The predicted octanol–water partition coefficient (Wildman–Crippen LogP) is 3.72. The maximum atomic E-state index is 13.0. The molecule has 1 aromatic heterocycles. The number of likely N-dealkylation sites (tertiary alicyclic amines) is 1. The highest BCUT2D eigenvalue weighted by atomic mass is 19.4. The number of hydrogen-bond acceptors (Lipinski definition) is 2. The van der Waals surface area contributed by atoms with Gasteiger partial charge in [-0.2, -0.15) is 18.3 Å². The number of carbonyl (C=O) groups excluding carboxylic acids is 1. The lowest BCUT2D eigenvalue weighted by Crippen LogP contribution is -2.45. The summed E-state index contributed by atoms with van der Waals surface area (Å²) in [5.74, 6) is -1.91. The van der Waals surface area contributed by atoms with E-state index in [1.165, 1.54) is 0 Å². The Bertz CT molecular complexity index is 584. The molecule has 1 saturated heterocycles. The Hall–Kier alpha value is -1.53. The Labute approximate surface area is 140 Å². The number of halogens is 3. The van der Waals surface area contributed by atoms with Crippen LogP contribution in [0.1, 0.15) is 50.1 Å². The molecule has 1 saturated carbocycles. The number of carbonyl (C=O) groups is 1. The van der Waals surface area contributed by atoms with Crippen LogP contribution < -0.4 is 0 Å². The monoisotopic (exact) mass is 343 g/mol. The van der Waals surface area contributed by atoms with Crippen LogP contribution in [-0.2, 0) is 4.79 Å². The van der Waals surface area contributed by atoms with Gasteiger partial charge in [-0.3, -0.25) is 9.48 Å². The van der Waals surface area contributed by atoms with Crippen LogP contribution in [0, 0.1) is 18.8 Å². The first-order valence-corrected chi connectivity index (χ1v) is 8.71. The number of hydrogen-bond donors (Lipinski definition) is 0. The summed E-state index contributed by atoms with van der Waals surface area (Å²) >= 11 is 0. The Morgan fingerprint density at radius 2 is 2.04 bits per heavy atom. The van der Waals surface area contributed by atoms with Crippen LogP contribution >= 0.6 is 0 Å². The molecule has 7 heteroatoms. The molecule has 134 valence electrons. The summed E-state index contributed by atoms with van der Waals surface area (Å²) < 4.78 is 40.8. The summed E-state index contributed by atoms with van der Waals surface area (Å²) in [6, 6.07) is 0.124. The second-order valence-corrected chi connectivity index (χ2v) is 7.18. The summed E-state index contributed by atoms with van der Waals surface area (Å²) in [5.41, 5.74) is 1.07. The van der Waals surface area contributed by atoms with Gasteiger partial charge in [0.1, 0.15) is 0 Å². The lowest BCUT2D eigenvalue weighted by Gasteiger charge is -2.37. The summed E-state index contributed by atoms with van der Waals surface area (Å²) in [6.07, 6.45) is 2.53. The minimum absolute atomic E-state index is 0.0512. The SMILES string of the molecule is Cc1cnn([C@@H]2CCCN(C(=O)[C@@H]3CCC[C@@H](C(F)(F)F)C3)C2)c1. The lowest BCUT2D eigenvalue weighted by molar-refractivity contribution is -0.187. The number of rotatable bonds is 2. The first-order valence-electron chi connectivity index (χ1n) is 8.71. The molecule has 2 aliphatic rings. The Kier molecular flexibility index (Phi) is 4.88. The van der Waals surface area contributed by atoms with Gasteiger partial charge in [-0.1, -0.05) is 6.42 Å². The van der Waals surface area contributed by atoms with Crippen LogP contribution in [0.2, 0.25) is 0 Å². The van der Waals surface area contributed by atoms with Crippen LogP contribution in [0.25, 0.3) is 0 Å². The van der Waals surface area contributed by atoms with Gasteiger partial charge in [0.2, 0.25) is 5.91 Å². The molecule has 1 aliphatic heterocycles. The first kappa shape index (κ1) is 17.3. The molecule has 2 heterocycles. The zero-order valence-electron chi connectivity index (χ0n) is 13.9. The van der Waals surface area contributed by atoms with Gasteiger partial charge in [0.15, 0.2) is 0 Å². The van der Waals surface area contributed by atoms with E-state index in [-0.39, 0.29) is 24.8 Å². The van der Waals surface area contributed by atoms with Crippen molar-refractivity contribution < 1.29 is 18.0 Å². The fourth-order valence-electron chi connectivity index (χ4n) is 3.97. The van der Waals surface area contributed by atoms with E-state index in [1.807, 2.05) is 17.8 Å². The Balaban J connectivity index is 1.64. The van der Waals surface area contributed by atoms with Crippen LogP contribution in [0.5, 0.6) is 0 Å². The van der Waals surface area contributed by atoms with Gasteiger partial charge in [-0.15, -0.1) is 0 Å². The minimum Gasteiger partial charge on any atom is -0.340 e. The fourth-order valence-corrected chi connectivity index (χ4v) is 3.97. The first-order chi connectivity index (χ1) is 11.3. The van der Waals surface area contributed by atoms with Gasteiger partial charge in [-0.25, -0.2) is 0 Å². The van der Waals surface area contributed by atoms with Crippen molar-refractivity contribution in [3.05, 3.63) is 18.0 Å². The maximum absolute atomic E-state index is 13.0. The van der Waals surface area contributed by atoms with Crippen LogP contribution in [0.15, 0.2) is 12.4 Å². The number of nitrogens with zero attached hydrogens (tertiary/aromatic N) is 3. The van der Waals surface area contributed by atoms with E-state index in [2.05, 4.69) is 5.10 Å². The van der Waals surface area contributed by atoms with Gasteiger partial charge in [-0.05, 0) is 44.6 Å². The van der Waals surface area contributed by atoms with Crippen LogP contribution in [0.3, 0.4) is 0 Å². The van der Waals surface area contributed by atoms with Crippen molar-refractivity contribution in [2.75, 3.05) is 13.1 Å². The number of aryl methyl sites for hydroxylation is 1. The lowest BCUT2D eigenvalue weighted by atomic mass is 9.80. The molecular formula is C17H24F3N3O. The van der Waals surface area contributed by atoms with Crippen molar-refractivity contribution in [3.63, 3.8) is 0 Å². The third-order valence-corrected chi connectivity index (χ3v) is 5.30. The number of alkyl halides is 3. The van der Waals surface area contributed by atoms with Crippen molar-refractivity contribution in [3.8, 4) is 0 Å². The standard InChI is InChI=1S/C17H24F3N3O/c1-12-9-21-23(10-12)15-6-3-7-22(11-15)16(24)13-4-2-5-14(8-13)17(18,19)20/h9-10,13-15H,2-8,11H2,1H3/t13-,14-,15-/m1/s1. The summed E-state index contributed by atoms with van der Waals surface area (Å²) in [5, 5.41) is 4.32. The van der Waals surface area contributed by atoms with E-state index in [4.69, 9.17) is 0 Å². The normalized spacial score (nSPS) is 28.8. The Morgan fingerprint density at radius 3 is 2.71 bits per heavy atom. The molecule has 3 atom stereocenters. The third-order valence-electron chi connectivity index (χ3n) is 5.30. The number of amides is 1. The largest absolute Gasteiger partial charge is 0.391 e. The van der Waals surface area contributed by atoms with Crippen molar-refractivity contribution >= 4 is 5.91 Å². The molecule has 2 fully saturated rings. The molecule has 24 heavy (non-hydrogen) atoms. The highest BCUT2D eigenvalue weighted by Crippen LogP contribution is 2.40. The number of aromatic nitrogens is 2.